The summed E-state index contributed by atoms with van der Waals surface area (Å²) >= 11 is 0. The third kappa shape index (κ3) is 2.60. The highest BCUT2D eigenvalue weighted by Crippen LogP contribution is 2.41. The SMILES string of the molecule is Oc1cc(C2C=CCCC2)c(O)cc1C1C=CCCC1. The zero-order valence-corrected chi connectivity index (χ0v) is 11.8. The van der Waals surface area contributed by atoms with Gasteiger partial charge in [-0.25, -0.2) is 0 Å². The molecule has 20 heavy (non-hydrogen) atoms. The summed E-state index contributed by atoms with van der Waals surface area (Å²) in [5, 5.41) is 20.7. The van der Waals surface area contributed by atoms with E-state index in [2.05, 4.69) is 24.3 Å². The Morgan fingerprint density at radius 3 is 1.55 bits per heavy atom. The molecule has 106 valence electrons. The Balaban J connectivity index is 1.93. The first-order valence-electron chi connectivity index (χ1n) is 7.65. The minimum absolute atomic E-state index is 0.241. The van der Waals surface area contributed by atoms with E-state index in [9.17, 15) is 10.2 Å². The molecular formula is C18H22O2. The first-order chi connectivity index (χ1) is 9.75. The topological polar surface area (TPSA) is 40.5 Å². The lowest BCUT2D eigenvalue weighted by Crippen LogP contribution is -2.03. The zero-order chi connectivity index (χ0) is 13.9. The van der Waals surface area contributed by atoms with Crippen molar-refractivity contribution < 1.29 is 10.2 Å². The molecule has 0 aliphatic heterocycles. The number of phenols is 2. The Morgan fingerprint density at radius 2 is 1.20 bits per heavy atom. The highest BCUT2D eigenvalue weighted by atomic mass is 16.3. The first-order valence-corrected chi connectivity index (χ1v) is 7.65. The van der Waals surface area contributed by atoms with E-state index >= 15 is 0 Å². The summed E-state index contributed by atoms with van der Waals surface area (Å²) in [4.78, 5) is 0. The highest BCUT2D eigenvalue weighted by molar-refractivity contribution is 5.50. The van der Waals surface area contributed by atoms with Crippen molar-refractivity contribution in [3.63, 3.8) is 0 Å². The smallest absolute Gasteiger partial charge is 0.119 e. The average molecular weight is 270 g/mol. The predicted molar refractivity (Wildman–Crippen MR) is 81.2 cm³/mol. The quantitative estimate of drug-likeness (QED) is 0.601. The van der Waals surface area contributed by atoms with Crippen molar-refractivity contribution in [1.29, 1.82) is 0 Å². The molecule has 0 aromatic heterocycles. The molecular weight excluding hydrogens is 248 g/mol. The van der Waals surface area contributed by atoms with Gasteiger partial charge >= 0.3 is 0 Å². The molecule has 2 nitrogen and oxygen atoms in total. The van der Waals surface area contributed by atoms with E-state index in [0.29, 0.717) is 11.5 Å². The second kappa shape index (κ2) is 5.74. The van der Waals surface area contributed by atoms with Crippen LogP contribution in [0.15, 0.2) is 36.4 Å². The van der Waals surface area contributed by atoms with Crippen LogP contribution in [0.5, 0.6) is 11.5 Å². The molecule has 0 saturated carbocycles. The summed E-state index contributed by atoms with van der Waals surface area (Å²) in [6.07, 6.45) is 15.3. The second-order valence-corrected chi connectivity index (χ2v) is 5.90. The van der Waals surface area contributed by atoms with Crippen LogP contribution in [0.1, 0.15) is 61.5 Å². The molecule has 0 fully saturated rings. The fourth-order valence-electron chi connectivity index (χ4n) is 3.35. The van der Waals surface area contributed by atoms with Gasteiger partial charge in [0.1, 0.15) is 11.5 Å². The van der Waals surface area contributed by atoms with E-state index in [-0.39, 0.29) is 11.8 Å². The van der Waals surface area contributed by atoms with Crippen molar-refractivity contribution >= 4 is 0 Å². The van der Waals surface area contributed by atoms with E-state index < -0.39 is 0 Å². The molecule has 2 unspecified atom stereocenters. The highest BCUT2D eigenvalue weighted by Gasteiger charge is 2.21. The van der Waals surface area contributed by atoms with Crippen LogP contribution in [-0.2, 0) is 0 Å². The Morgan fingerprint density at radius 1 is 0.750 bits per heavy atom. The molecule has 0 amide bonds. The summed E-state index contributed by atoms with van der Waals surface area (Å²) < 4.78 is 0. The van der Waals surface area contributed by atoms with Crippen LogP contribution in [0.2, 0.25) is 0 Å². The van der Waals surface area contributed by atoms with Gasteiger partial charge in [0.15, 0.2) is 0 Å². The van der Waals surface area contributed by atoms with Crippen molar-refractivity contribution in [2.45, 2.75) is 50.4 Å². The number of rotatable bonds is 2. The molecule has 2 N–H and O–H groups in total. The Kier molecular flexibility index (Phi) is 3.81. The molecule has 2 aliphatic rings. The lowest BCUT2D eigenvalue weighted by molar-refractivity contribution is 0.439. The summed E-state index contributed by atoms with van der Waals surface area (Å²) in [5.74, 6) is 1.14. The number of benzene rings is 1. The molecule has 0 spiro atoms. The Bertz CT molecular complexity index is 493. The van der Waals surface area contributed by atoms with Crippen molar-refractivity contribution in [3.05, 3.63) is 47.6 Å². The third-order valence-electron chi connectivity index (χ3n) is 4.48. The summed E-state index contributed by atoms with van der Waals surface area (Å²) in [7, 11) is 0. The lowest BCUT2D eigenvalue weighted by atomic mass is 9.84. The minimum atomic E-state index is 0.241. The summed E-state index contributed by atoms with van der Waals surface area (Å²) in [6, 6.07) is 3.54. The van der Waals surface area contributed by atoms with Crippen LogP contribution in [-0.4, -0.2) is 10.2 Å². The Hall–Kier alpha value is -1.70. The van der Waals surface area contributed by atoms with Crippen molar-refractivity contribution in [1.82, 2.24) is 0 Å². The van der Waals surface area contributed by atoms with Gasteiger partial charge in [-0.1, -0.05) is 24.3 Å². The predicted octanol–water partition coefficient (Wildman–Crippen LogP) is 4.75. The molecule has 2 heteroatoms. The normalized spacial score (nSPS) is 25.8. The lowest BCUT2D eigenvalue weighted by Gasteiger charge is -2.22. The fourth-order valence-corrected chi connectivity index (χ4v) is 3.35. The standard InChI is InChI=1S/C18H22O2/c19-17-12-16(14-9-5-2-6-10-14)18(20)11-15(17)13-7-3-1-4-8-13/h3,5,7,9,11-14,19-20H,1-2,4,6,8,10H2. The minimum Gasteiger partial charge on any atom is -0.508 e. The molecule has 2 atom stereocenters. The molecule has 0 bridgehead atoms. The molecule has 1 aromatic rings. The van der Waals surface area contributed by atoms with Crippen molar-refractivity contribution in [2.75, 3.05) is 0 Å². The largest absolute Gasteiger partial charge is 0.508 e. The zero-order valence-electron chi connectivity index (χ0n) is 11.8. The van der Waals surface area contributed by atoms with Gasteiger partial charge in [0.25, 0.3) is 0 Å². The van der Waals surface area contributed by atoms with Crippen LogP contribution >= 0.6 is 0 Å². The number of aromatic hydroxyl groups is 2. The molecule has 0 heterocycles. The maximum absolute atomic E-state index is 10.3. The second-order valence-electron chi connectivity index (χ2n) is 5.90. The van der Waals surface area contributed by atoms with Crippen LogP contribution in [0.4, 0.5) is 0 Å². The van der Waals surface area contributed by atoms with Gasteiger partial charge in [-0.3, -0.25) is 0 Å². The van der Waals surface area contributed by atoms with Gasteiger partial charge in [0, 0.05) is 23.0 Å². The molecule has 0 saturated heterocycles. The number of hydrogen-bond acceptors (Lipinski definition) is 2. The molecule has 0 radical (unpaired) electrons. The van der Waals surface area contributed by atoms with E-state index in [4.69, 9.17) is 0 Å². The van der Waals surface area contributed by atoms with Gasteiger partial charge in [-0.2, -0.15) is 0 Å². The molecule has 2 aliphatic carbocycles. The van der Waals surface area contributed by atoms with Crippen LogP contribution in [0, 0.1) is 0 Å². The van der Waals surface area contributed by atoms with Crippen LogP contribution < -0.4 is 0 Å². The van der Waals surface area contributed by atoms with Gasteiger partial charge in [0.05, 0.1) is 0 Å². The molecule has 3 rings (SSSR count). The van der Waals surface area contributed by atoms with E-state index in [1.165, 1.54) is 0 Å². The Labute approximate surface area is 120 Å². The van der Waals surface area contributed by atoms with E-state index in [0.717, 1.165) is 49.7 Å². The van der Waals surface area contributed by atoms with Gasteiger partial charge in [-0.05, 0) is 50.7 Å². The van der Waals surface area contributed by atoms with E-state index in [1.807, 2.05) is 0 Å². The number of phenolic OH excluding ortho intramolecular Hbond substituents is 2. The van der Waals surface area contributed by atoms with Gasteiger partial charge < -0.3 is 10.2 Å². The third-order valence-corrected chi connectivity index (χ3v) is 4.48. The summed E-state index contributed by atoms with van der Waals surface area (Å²) in [6.45, 7) is 0. The maximum atomic E-state index is 10.3. The number of allylic oxidation sites excluding steroid dienone is 4. The first kappa shape index (κ1) is 13.3. The monoisotopic (exact) mass is 270 g/mol. The van der Waals surface area contributed by atoms with Gasteiger partial charge in [-0.15, -0.1) is 0 Å². The number of hydrogen-bond donors (Lipinski definition) is 2. The van der Waals surface area contributed by atoms with Crippen LogP contribution in [0.3, 0.4) is 0 Å². The van der Waals surface area contributed by atoms with Crippen molar-refractivity contribution in [3.8, 4) is 11.5 Å². The van der Waals surface area contributed by atoms with Gasteiger partial charge in [0.2, 0.25) is 0 Å². The average Bonchev–Trinajstić information content (AvgIpc) is 2.51. The van der Waals surface area contributed by atoms with Crippen LogP contribution in [0.25, 0.3) is 0 Å². The fraction of sp³-hybridized carbons (Fsp3) is 0.444. The molecule has 1 aromatic carbocycles. The van der Waals surface area contributed by atoms with E-state index in [1.54, 1.807) is 12.1 Å². The maximum Gasteiger partial charge on any atom is 0.119 e. The summed E-state index contributed by atoms with van der Waals surface area (Å²) in [5.41, 5.74) is 1.73. The van der Waals surface area contributed by atoms with Crippen molar-refractivity contribution in [2.24, 2.45) is 0 Å².